The minimum atomic E-state index is 0.593. The molecule has 1 aromatic carbocycles. The van der Waals surface area contributed by atoms with Gasteiger partial charge in [-0.3, -0.25) is 0 Å². The highest BCUT2D eigenvalue weighted by Gasteiger charge is 2.11. The van der Waals surface area contributed by atoms with E-state index in [2.05, 4.69) is 0 Å². The Morgan fingerprint density at radius 3 is 2.69 bits per heavy atom. The van der Waals surface area contributed by atoms with Gasteiger partial charge in [0, 0.05) is 10.1 Å². The van der Waals surface area contributed by atoms with Crippen molar-refractivity contribution in [3.8, 4) is 5.75 Å². The van der Waals surface area contributed by atoms with E-state index in [-0.39, 0.29) is 0 Å². The molecule has 0 bridgehead atoms. The first kappa shape index (κ1) is 9.13. The molecule has 0 radical (unpaired) electrons. The molecular formula is C9H6Cl2OS. The maximum absolute atomic E-state index is 6.00. The van der Waals surface area contributed by atoms with Crippen LogP contribution in [-0.4, -0.2) is 7.11 Å². The Hall–Kier alpha value is -0.440. The number of methoxy groups -OCH3 is 1. The summed E-state index contributed by atoms with van der Waals surface area (Å²) in [7, 11) is 1.59. The molecule has 2 rings (SSSR count). The van der Waals surface area contributed by atoms with Gasteiger partial charge in [0.05, 0.1) is 22.5 Å². The van der Waals surface area contributed by atoms with Gasteiger partial charge in [0.2, 0.25) is 0 Å². The molecule has 0 spiro atoms. The SMILES string of the molecule is COc1c(Cl)ccc2scc(Cl)c12. The summed E-state index contributed by atoms with van der Waals surface area (Å²) in [5.41, 5.74) is 0. The quantitative estimate of drug-likeness (QED) is 0.716. The largest absolute Gasteiger partial charge is 0.494 e. The molecule has 0 amide bonds. The summed E-state index contributed by atoms with van der Waals surface area (Å²) in [6, 6.07) is 3.76. The van der Waals surface area contributed by atoms with Gasteiger partial charge in [-0.2, -0.15) is 0 Å². The Kier molecular flexibility index (Phi) is 2.37. The second kappa shape index (κ2) is 3.37. The number of thiophene rings is 1. The van der Waals surface area contributed by atoms with Crippen LogP contribution in [0.1, 0.15) is 0 Å². The molecule has 0 N–H and O–H groups in total. The molecule has 1 heterocycles. The monoisotopic (exact) mass is 232 g/mol. The fourth-order valence-electron chi connectivity index (χ4n) is 1.24. The Morgan fingerprint density at radius 1 is 1.23 bits per heavy atom. The molecule has 2 aromatic rings. The van der Waals surface area contributed by atoms with Crippen LogP contribution in [-0.2, 0) is 0 Å². The van der Waals surface area contributed by atoms with Crippen molar-refractivity contribution in [3.63, 3.8) is 0 Å². The third-order valence-electron chi connectivity index (χ3n) is 1.80. The van der Waals surface area contributed by atoms with E-state index in [4.69, 9.17) is 27.9 Å². The van der Waals surface area contributed by atoms with Gasteiger partial charge in [0.25, 0.3) is 0 Å². The predicted octanol–water partition coefficient (Wildman–Crippen LogP) is 4.22. The van der Waals surface area contributed by atoms with E-state index in [9.17, 15) is 0 Å². The second-order valence-electron chi connectivity index (χ2n) is 2.54. The average Bonchev–Trinajstić information content (AvgIpc) is 2.49. The highest BCUT2D eigenvalue weighted by atomic mass is 35.5. The van der Waals surface area contributed by atoms with Crippen molar-refractivity contribution in [1.29, 1.82) is 0 Å². The van der Waals surface area contributed by atoms with E-state index >= 15 is 0 Å². The van der Waals surface area contributed by atoms with Crippen LogP contribution in [0, 0.1) is 0 Å². The molecule has 68 valence electrons. The zero-order chi connectivity index (χ0) is 9.42. The topological polar surface area (TPSA) is 9.23 Å². The van der Waals surface area contributed by atoms with E-state index in [1.807, 2.05) is 17.5 Å². The van der Waals surface area contributed by atoms with Crippen molar-refractivity contribution in [2.75, 3.05) is 7.11 Å². The summed E-state index contributed by atoms with van der Waals surface area (Å²) in [6.07, 6.45) is 0. The summed E-state index contributed by atoms with van der Waals surface area (Å²) in [5, 5.41) is 4.07. The number of ether oxygens (including phenoxy) is 1. The number of fused-ring (bicyclic) bond motifs is 1. The van der Waals surface area contributed by atoms with Gasteiger partial charge in [-0.05, 0) is 12.1 Å². The zero-order valence-corrected chi connectivity index (χ0v) is 9.13. The van der Waals surface area contributed by atoms with Crippen LogP contribution in [0.4, 0.5) is 0 Å². The Morgan fingerprint density at radius 2 is 2.00 bits per heavy atom. The van der Waals surface area contributed by atoms with Gasteiger partial charge < -0.3 is 4.74 Å². The van der Waals surface area contributed by atoms with Gasteiger partial charge >= 0.3 is 0 Å². The van der Waals surface area contributed by atoms with E-state index in [0.717, 1.165) is 10.1 Å². The highest BCUT2D eigenvalue weighted by Crippen LogP contribution is 2.40. The Bertz CT molecular complexity index is 450. The molecule has 1 nitrogen and oxygen atoms in total. The minimum absolute atomic E-state index is 0.593. The lowest BCUT2D eigenvalue weighted by atomic mass is 10.2. The molecule has 0 saturated heterocycles. The normalized spacial score (nSPS) is 10.7. The van der Waals surface area contributed by atoms with Crippen LogP contribution in [0.3, 0.4) is 0 Å². The third-order valence-corrected chi connectivity index (χ3v) is 3.48. The lowest BCUT2D eigenvalue weighted by molar-refractivity contribution is 0.420. The van der Waals surface area contributed by atoms with Gasteiger partial charge in [-0.15, -0.1) is 11.3 Å². The first-order valence-corrected chi connectivity index (χ1v) is 5.27. The van der Waals surface area contributed by atoms with Crippen molar-refractivity contribution in [3.05, 3.63) is 27.6 Å². The maximum Gasteiger partial charge on any atom is 0.147 e. The van der Waals surface area contributed by atoms with Crippen molar-refractivity contribution in [1.82, 2.24) is 0 Å². The molecular weight excluding hydrogens is 227 g/mol. The van der Waals surface area contributed by atoms with E-state index < -0.39 is 0 Å². The summed E-state index contributed by atoms with van der Waals surface area (Å²) in [6.45, 7) is 0. The van der Waals surface area contributed by atoms with Crippen LogP contribution in [0.15, 0.2) is 17.5 Å². The zero-order valence-electron chi connectivity index (χ0n) is 6.80. The van der Waals surface area contributed by atoms with Crippen LogP contribution >= 0.6 is 34.5 Å². The standard InChI is InChI=1S/C9H6Cl2OS/c1-12-9-5(10)2-3-7-8(9)6(11)4-13-7/h2-4H,1H3. The minimum Gasteiger partial charge on any atom is -0.494 e. The van der Waals surface area contributed by atoms with Crippen LogP contribution in [0.2, 0.25) is 10.0 Å². The molecule has 0 aliphatic carbocycles. The van der Waals surface area contributed by atoms with Gasteiger partial charge in [-0.1, -0.05) is 23.2 Å². The molecule has 0 atom stereocenters. The Balaban J connectivity index is 2.88. The van der Waals surface area contributed by atoms with Crippen LogP contribution in [0.5, 0.6) is 5.75 Å². The molecule has 0 fully saturated rings. The number of halogens is 2. The molecule has 0 aliphatic rings. The lowest BCUT2D eigenvalue weighted by Gasteiger charge is -2.04. The van der Waals surface area contributed by atoms with Crippen LogP contribution in [0.25, 0.3) is 10.1 Å². The van der Waals surface area contributed by atoms with Crippen molar-refractivity contribution in [2.24, 2.45) is 0 Å². The molecule has 13 heavy (non-hydrogen) atoms. The summed E-state index contributed by atoms with van der Waals surface area (Å²) in [5.74, 6) is 0.658. The van der Waals surface area contributed by atoms with E-state index in [0.29, 0.717) is 15.8 Å². The fourth-order valence-corrected chi connectivity index (χ4v) is 2.66. The smallest absolute Gasteiger partial charge is 0.147 e. The van der Waals surface area contributed by atoms with Crippen LogP contribution < -0.4 is 4.74 Å². The fraction of sp³-hybridized carbons (Fsp3) is 0.111. The second-order valence-corrected chi connectivity index (χ2v) is 4.26. The van der Waals surface area contributed by atoms with E-state index in [1.54, 1.807) is 18.4 Å². The first-order valence-electron chi connectivity index (χ1n) is 3.63. The number of rotatable bonds is 1. The van der Waals surface area contributed by atoms with Gasteiger partial charge in [-0.25, -0.2) is 0 Å². The highest BCUT2D eigenvalue weighted by molar-refractivity contribution is 7.18. The van der Waals surface area contributed by atoms with Gasteiger partial charge in [0.1, 0.15) is 5.75 Å². The third kappa shape index (κ3) is 1.39. The molecule has 0 aliphatic heterocycles. The number of hydrogen-bond donors (Lipinski definition) is 0. The Labute approximate surface area is 89.8 Å². The summed E-state index contributed by atoms with van der Waals surface area (Å²) < 4.78 is 6.28. The summed E-state index contributed by atoms with van der Waals surface area (Å²) >= 11 is 13.5. The maximum atomic E-state index is 6.00. The molecule has 0 saturated carbocycles. The first-order chi connectivity index (χ1) is 6.24. The number of hydrogen-bond acceptors (Lipinski definition) is 2. The lowest BCUT2D eigenvalue weighted by Crippen LogP contribution is -1.84. The van der Waals surface area contributed by atoms with Crippen molar-refractivity contribution < 1.29 is 4.74 Å². The molecule has 4 heteroatoms. The van der Waals surface area contributed by atoms with Crippen molar-refractivity contribution in [2.45, 2.75) is 0 Å². The predicted molar refractivity (Wildman–Crippen MR) is 58.4 cm³/mol. The molecule has 0 unspecified atom stereocenters. The average molecular weight is 233 g/mol. The van der Waals surface area contributed by atoms with E-state index in [1.165, 1.54) is 0 Å². The van der Waals surface area contributed by atoms with Gasteiger partial charge in [0.15, 0.2) is 0 Å². The van der Waals surface area contributed by atoms with Crippen molar-refractivity contribution >= 4 is 44.6 Å². The number of benzene rings is 1. The summed E-state index contributed by atoms with van der Waals surface area (Å²) in [4.78, 5) is 0. The molecule has 1 aromatic heterocycles.